The van der Waals surface area contributed by atoms with Gasteiger partial charge in [0.25, 0.3) is 5.56 Å². The second-order valence-corrected chi connectivity index (χ2v) is 6.01. The van der Waals surface area contributed by atoms with Gasteiger partial charge in [-0.05, 0) is 43.2 Å². The number of aromatic nitrogens is 3. The summed E-state index contributed by atoms with van der Waals surface area (Å²) in [6.45, 7) is 1.12. The summed E-state index contributed by atoms with van der Waals surface area (Å²) >= 11 is 0. The van der Waals surface area contributed by atoms with Gasteiger partial charge in [-0.3, -0.25) is 14.3 Å². The molecule has 0 amide bonds. The molecule has 0 aliphatic carbocycles. The number of anilines is 2. The summed E-state index contributed by atoms with van der Waals surface area (Å²) in [7, 11) is 0. The topological polar surface area (TPSA) is 69.0 Å². The minimum Gasteiger partial charge on any atom is -0.379 e. The number of hydrogen-bond acceptors (Lipinski definition) is 5. The number of nitrogens with one attached hydrogen (secondary N) is 1. The lowest BCUT2D eigenvalue weighted by atomic mass is 10.1. The van der Waals surface area contributed by atoms with E-state index in [1.807, 2.05) is 6.07 Å². The summed E-state index contributed by atoms with van der Waals surface area (Å²) in [4.78, 5) is 21.7. The molecule has 3 aromatic rings. The van der Waals surface area contributed by atoms with Crippen LogP contribution in [-0.4, -0.2) is 27.7 Å². The predicted molar refractivity (Wildman–Crippen MR) is 92.6 cm³/mol. The first-order chi connectivity index (χ1) is 12.2. The van der Waals surface area contributed by atoms with E-state index in [0.717, 1.165) is 18.5 Å². The normalized spacial score (nSPS) is 17.6. The van der Waals surface area contributed by atoms with Gasteiger partial charge >= 0.3 is 0 Å². The third-order valence-electron chi connectivity index (χ3n) is 4.28. The Balaban J connectivity index is 1.89. The number of hydrogen-bond donors (Lipinski definition) is 1. The van der Waals surface area contributed by atoms with Crippen LogP contribution in [0.3, 0.4) is 0 Å². The highest BCUT2D eigenvalue weighted by Crippen LogP contribution is 2.24. The van der Waals surface area contributed by atoms with Crippen molar-refractivity contribution in [1.29, 1.82) is 0 Å². The molecule has 0 saturated carbocycles. The second kappa shape index (κ2) is 6.60. The number of fused-ring (bicyclic) bond motifs is 1. The highest BCUT2D eigenvalue weighted by Gasteiger charge is 2.22. The molecule has 0 bridgehead atoms. The number of halogens is 1. The van der Waals surface area contributed by atoms with Crippen molar-refractivity contribution in [3.8, 4) is 0 Å². The van der Waals surface area contributed by atoms with Crippen molar-refractivity contribution < 1.29 is 9.13 Å². The molecule has 1 atom stereocenters. The average Bonchev–Trinajstić information content (AvgIpc) is 2.64. The van der Waals surface area contributed by atoms with Crippen molar-refractivity contribution in [3.05, 3.63) is 58.9 Å². The largest absolute Gasteiger partial charge is 0.379 e. The van der Waals surface area contributed by atoms with E-state index >= 15 is 0 Å². The molecule has 25 heavy (non-hydrogen) atoms. The minimum atomic E-state index is -0.453. The zero-order valence-corrected chi connectivity index (χ0v) is 13.5. The van der Waals surface area contributed by atoms with E-state index in [0.29, 0.717) is 24.7 Å². The summed E-state index contributed by atoms with van der Waals surface area (Å²) in [5, 5.41) is 3.42. The van der Waals surface area contributed by atoms with Gasteiger partial charge in [-0.1, -0.05) is 0 Å². The van der Waals surface area contributed by atoms with Crippen LogP contribution in [0, 0.1) is 5.82 Å². The fourth-order valence-electron chi connectivity index (χ4n) is 3.09. The first-order valence-corrected chi connectivity index (χ1v) is 8.19. The van der Waals surface area contributed by atoms with Crippen LogP contribution in [0.15, 0.2) is 47.5 Å². The summed E-state index contributed by atoms with van der Waals surface area (Å²) < 4.78 is 20.7. The number of nitrogens with zero attached hydrogens (tertiary/aromatic N) is 3. The summed E-state index contributed by atoms with van der Waals surface area (Å²) in [5.41, 5.74) is 0.901. The molecule has 4 rings (SSSR count). The van der Waals surface area contributed by atoms with Gasteiger partial charge in [0.05, 0.1) is 35.4 Å². The van der Waals surface area contributed by atoms with Crippen LogP contribution >= 0.6 is 0 Å². The van der Waals surface area contributed by atoms with Crippen LogP contribution in [0.2, 0.25) is 0 Å². The minimum absolute atomic E-state index is 0.138. The summed E-state index contributed by atoms with van der Waals surface area (Å²) in [5.74, 6) is -0.0431. The van der Waals surface area contributed by atoms with Crippen molar-refractivity contribution in [2.45, 2.75) is 18.9 Å². The molecule has 1 unspecified atom stereocenters. The van der Waals surface area contributed by atoms with Gasteiger partial charge in [0.1, 0.15) is 5.82 Å². The predicted octanol–water partition coefficient (Wildman–Crippen LogP) is 3.03. The lowest BCUT2D eigenvalue weighted by Gasteiger charge is -2.26. The maximum atomic E-state index is 13.6. The van der Waals surface area contributed by atoms with Gasteiger partial charge < -0.3 is 10.1 Å². The molecule has 1 fully saturated rings. The third-order valence-corrected chi connectivity index (χ3v) is 4.28. The van der Waals surface area contributed by atoms with Gasteiger partial charge in [0, 0.05) is 12.8 Å². The van der Waals surface area contributed by atoms with Crippen molar-refractivity contribution in [3.63, 3.8) is 0 Å². The van der Waals surface area contributed by atoms with E-state index in [-0.39, 0.29) is 17.0 Å². The first-order valence-electron chi connectivity index (χ1n) is 8.19. The molecule has 128 valence electrons. The first kappa shape index (κ1) is 15.7. The standard InChI is InChI=1S/C18H17FN4O2/c19-12-5-6-16-15(9-12)17(24)23(14-4-2-8-25-11-14)18(22-16)21-13-3-1-7-20-10-13/h1,3,5-7,9-10,14H,2,4,8,11H2,(H,21,22). The van der Waals surface area contributed by atoms with Gasteiger partial charge in [0.2, 0.25) is 5.95 Å². The van der Waals surface area contributed by atoms with Crippen LogP contribution in [-0.2, 0) is 4.74 Å². The van der Waals surface area contributed by atoms with Crippen molar-refractivity contribution in [2.75, 3.05) is 18.5 Å². The molecule has 0 spiro atoms. The molecule has 7 heteroatoms. The quantitative estimate of drug-likeness (QED) is 0.794. The monoisotopic (exact) mass is 340 g/mol. The van der Waals surface area contributed by atoms with Crippen LogP contribution in [0.25, 0.3) is 10.9 Å². The fourth-order valence-corrected chi connectivity index (χ4v) is 3.09. The Bertz CT molecular complexity index is 952. The SMILES string of the molecule is O=c1c2cc(F)ccc2nc(Nc2cccnc2)n1C1CCCOC1. The van der Waals surface area contributed by atoms with Gasteiger partial charge in [0.15, 0.2) is 0 Å². The van der Waals surface area contributed by atoms with Crippen molar-refractivity contribution >= 4 is 22.5 Å². The number of pyridine rings is 1. The Morgan fingerprint density at radius 2 is 2.24 bits per heavy atom. The Morgan fingerprint density at radius 3 is 3.00 bits per heavy atom. The van der Waals surface area contributed by atoms with Crippen LogP contribution < -0.4 is 10.9 Å². The second-order valence-electron chi connectivity index (χ2n) is 6.01. The van der Waals surface area contributed by atoms with Crippen LogP contribution in [0.1, 0.15) is 18.9 Å². The van der Waals surface area contributed by atoms with E-state index in [1.54, 1.807) is 23.0 Å². The van der Waals surface area contributed by atoms with E-state index in [1.165, 1.54) is 18.2 Å². The van der Waals surface area contributed by atoms with Crippen LogP contribution in [0.4, 0.5) is 16.0 Å². The number of benzene rings is 1. The molecule has 1 aromatic carbocycles. The molecule has 3 heterocycles. The number of rotatable bonds is 3. The highest BCUT2D eigenvalue weighted by atomic mass is 19.1. The smallest absolute Gasteiger partial charge is 0.263 e. The summed E-state index contributed by atoms with van der Waals surface area (Å²) in [6.07, 6.45) is 5.00. The third kappa shape index (κ3) is 3.10. The maximum Gasteiger partial charge on any atom is 0.263 e. The lowest BCUT2D eigenvalue weighted by Crippen LogP contribution is -2.32. The highest BCUT2D eigenvalue weighted by molar-refractivity contribution is 5.79. The molecular weight excluding hydrogens is 323 g/mol. The number of ether oxygens (including phenoxy) is 1. The van der Waals surface area contributed by atoms with Gasteiger partial charge in [-0.2, -0.15) is 0 Å². The molecule has 1 N–H and O–H groups in total. The maximum absolute atomic E-state index is 13.6. The van der Waals surface area contributed by atoms with E-state index in [2.05, 4.69) is 15.3 Å². The average molecular weight is 340 g/mol. The molecule has 1 aliphatic rings. The zero-order chi connectivity index (χ0) is 17.2. The molecule has 1 saturated heterocycles. The molecule has 0 radical (unpaired) electrons. The van der Waals surface area contributed by atoms with Crippen LogP contribution in [0.5, 0.6) is 0 Å². The lowest BCUT2D eigenvalue weighted by molar-refractivity contribution is 0.0586. The van der Waals surface area contributed by atoms with E-state index < -0.39 is 5.82 Å². The Morgan fingerprint density at radius 1 is 1.32 bits per heavy atom. The molecular formula is C18H17FN4O2. The van der Waals surface area contributed by atoms with Crippen molar-refractivity contribution in [1.82, 2.24) is 14.5 Å². The Kier molecular flexibility index (Phi) is 4.15. The van der Waals surface area contributed by atoms with E-state index in [4.69, 9.17) is 4.74 Å². The fraction of sp³-hybridized carbons (Fsp3) is 0.278. The molecule has 2 aromatic heterocycles. The molecule has 6 nitrogen and oxygen atoms in total. The van der Waals surface area contributed by atoms with Gasteiger partial charge in [-0.15, -0.1) is 0 Å². The van der Waals surface area contributed by atoms with Gasteiger partial charge in [-0.25, -0.2) is 9.37 Å². The van der Waals surface area contributed by atoms with Crippen molar-refractivity contribution in [2.24, 2.45) is 0 Å². The Labute approximate surface area is 143 Å². The molecule has 1 aliphatic heterocycles. The zero-order valence-electron chi connectivity index (χ0n) is 13.5. The summed E-state index contributed by atoms with van der Waals surface area (Å²) in [6, 6.07) is 7.55. The van der Waals surface area contributed by atoms with E-state index in [9.17, 15) is 9.18 Å². The Hall–Kier alpha value is -2.80.